The van der Waals surface area contributed by atoms with E-state index >= 15 is 0 Å². The van der Waals surface area contributed by atoms with E-state index in [1.54, 1.807) is 42.5 Å². The molecule has 1 saturated heterocycles. The molecule has 0 bridgehead atoms. The van der Waals surface area contributed by atoms with Crippen molar-refractivity contribution in [1.82, 2.24) is 24.6 Å². The zero-order valence-corrected chi connectivity index (χ0v) is 22.6. The number of hydrogen-bond donors (Lipinski definition) is 1. The fourth-order valence-corrected chi connectivity index (χ4v) is 4.21. The third kappa shape index (κ3) is 6.50. The second kappa shape index (κ2) is 10.9. The number of amides is 2. The molecule has 1 fully saturated rings. The molecule has 0 saturated carbocycles. The van der Waals surface area contributed by atoms with Gasteiger partial charge in [-0.2, -0.15) is 5.10 Å². The zero-order chi connectivity index (χ0) is 26.7. The second-order valence-electron chi connectivity index (χ2n) is 9.75. The van der Waals surface area contributed by atoms with Gasteiger partial charge in [-0.1, -0.05) is 11.6 Å². The van der Waals surface area contributed by atoms with Crippen LogP contribution in [0.25, 0.3) is 5.82 Å². The lowest BCUT2D eigenvalue weighted by Crippen LogP contribution is -2.42. The number of anilines is 2. The molecule has 10 nitrogen and oxygen atoms in total. The van der Waals surface area contributed by atoms with E-state index in [9.17, 15) is 9.59 Å². The average Bonchev–Trinajstić information content (AvgIpc) is 3.51. The standard InChI is InChI=1S/C25H29Cl2N7O3/c1-25(2,3)37-24(36)32(4)19-9-10-33(15-19)20-8-6-18(13-29-20)30-23(35)22-16(11-26)14-34(31-22)21-7-5-17(27)12-28-21/h5-8,12-14,19H,9-11,15H2,1-4H3,(H,30,35)/t19-/m0/s1. The Labute approximate surface area is 225 Å². The predicted molar refractivity (Wildman–Crippen MR) is 143 cm³/mol. The van der Waals surface area contributed by atoms with Gasteiger partial charge in [0.1, 0.15) is 11.4 Å². The van der Waals surface area contributed by atoms with Crippen molar-refractivity contribution in [3.05, 3.63) is 59.1 Å². The van der Waals surface area contributed by atoms with Crippen molar-refractivity contribution in [2.75, 3.05) is 30.4 Å². The van der Waals surface area contributed by atoms with Crippen molar-refractivity contribution in [3.8, 4) is 5.82 Å². The van der Waals surface area contributed by atoms with E-state index in [-0.39, 0.29) is 23.7 Å². The summed E-state index contributed by atoms with van der Waals surface area (Å²) in [6.45, 7) is 6.95. The summed E-state index contributed by atoms with van der Waals surface area (Å²) in [7, 11) is 1.76. The minimum Gasteiger partial charge on any atom is -0.444 e. The topological polar surface area (TPSA) is 105 Å². The minimum atomic E-state index is -0.541. The van der Waals surface area contributed by atoms with Crippen LogP contribution < -0.4 is 10.2 Å². The van der Waals surface area contributed by atoms with Gasteiger partial charge in [0.05, 0.1) is 28.8 Å². The van der Waals surface area contributed by atoms with E-state index in [4.69, 9.17) is 27.9 Å². The molecule has 3 aromatic rings. The van der Waals surface area contributed by atoms with Gasteiger partial charge in [0, 0.05) is 38.1 Å². The maximum Gasteiger partial charge on any atom is 0.410 e. The van der Waals surface area contributed by atoms with Gasteiger partial charge in [0.25, 0.3) is 5.91 Å². The van der Waals surface area contributed by atoms with Crippen LogP contribution in [0.1, 0.15) is 43.2 Å². The molecule has 0 spiro atoms. The van der Waals surface area contributed by atoms with Gasteiger partial charge >= 0.3 is 6.09 Å². The quantitative estimate of drug-likeness (QED) is 0.445. The van der Waals surface area contributed by atoms with Crippen molar-refractivity contribution in [3.63, 3.8) is 0 Å². The molecule has 196 valence electrons. The van der Waals surface area contributed by atoms with Crippen LogP contribution in [0.3, 0.4) is 0 Å². The number of likely N-dealkylation sites (N-methyl/N-ethyl adjacent to an activating group) is 1. The lowest BCUT2D eigenvalue weighted by molar-refractivity contribution is 0.0237. The number of alkyl halides is 1. The molecule has 1 aliphatic heterocycles. The fraction of sp³-hybridized carbons (Fsp3) is 0.400. The summed E-state index contributed by atoms with van der Waals surface area (Å²) in [4.78, 5) is 37.8. The van der Waals surface area contributed by atoms with E-state index in [2.05, 4.69) is 25.3 Å². The van der Waals surface area contributed by atoms with Gasteiger partial charge in [-0.05, 0) is 51.5 Å². The van der Waals surface area contributed by atoms with Crippen molar-refractivity contribution in [1.29, 1.82) is 0 Å². The largest absolute Gasteiger partial charge is 0.444 e. The Balaban J connectivity index is 1.39. The Morgan fingerprint density at radius 3 is 2.51 bits per heavy atom. The summed E-state index contributed by atoms with van der Waals surface area (Å²) in [6, 6.07) is 7.03. The van der Waals surface area contributed by atoms with E-state index < -0.39 is 11.5 Å². The van der Waals surface area contributed by atoms with E-state index in [1.165, 1.54) is 10.9 Å². The fourth-order valence-electron chi connectivity index (χ4n) is 3.91. The Morgan fingerprint density at radius 1 is 1.16 bits per heavy atom. The third-order valence-corrected chi connectivity index (χ3v) is 6.33. The van der Waals surface area contributed by atoms with Crippen molar-refractivity contribution in [2.45, 2.75) is 44.7 Å². The zero-order valence-electron chi connectivity index (χ0n) is 21.1. The number of carbonyl (C=O) groups excluding carboxylic acids is 2. The lowest BCUT2D eigenvalue weighted by atomic mass is 10.2. The van der Waals surface area contributed by atoms with E-state index in [1.807, 2.05) is 26.8 Å². The minimum absolute atomic E-state index is 0.0234. The molecule has 12 heteroatoms. The van der Waals surface area contributed by atoms with Crippen LogP contribution in [0, 0.1) is 0 Å². The van der Waals surface area contributed by atoms with Gasteiger partial charge in [-0.3, -0.25) is 4.79 Å². The maximum absolute atomic E-state index is 12.9. The smallest absolute Gasteiger partial charge is 0.410 e. The summed E-state index contributed by atoms with van der Waals surface area (Å²) in [6.07, 6.45) is 5.23. The van der Waals surface area contributed by atoms with Crippen LogP contribution >= 0.6 is 23.2 Å². The number of aromatic nitrogens is 4. The average molecular weight is 546 g/mol. The summed E-state index contributed by atoms with van der Waals surface area (Å²) in [5.74, 6) is 0.985. The van der Waals surface area contributed by atoms with Crippen LogP contribution in [0.2, 0.25) is 5.02 Å². The molecular weight excluding hydrogens is 517 g/mol. The number of halogens is 2. The summed E-state index contributed by atoms with van der Waals surface area (Å²) in [5, 5.41) is 7.69. The number of rotatable bonds is 6. The van der Waals surface area contributed by atoms with E-state index in [0.717, 1.165) is 18.8 Å². The molecule has 0 aliphatic carbocycles. The molecule has 4 heterocycles. The highest BCUT2D eigenvalue weighted by Gasteiger charge is 2.31. The SMILES string of the molecule is CN(C(=O)OC(C)(C)C)[C@H]1CCN(c2ccc(NC(=O)c3nn(-c4ccc(Cl)cn4)cc3CCl)cn2)C1. The lowest BCUT2D eigenvalue weighted by Gasteiger charge is -2.28. The normalized spacial score (nSPS) is 15.5. The van der Waals surface area contributed by atoms with Crippen molar-refractivity contribution < 1.29 is 14.3 Å². The van der Waals surface area contributed by atoms with Crippen molar-refractivity contribution >= 4 is 46.7 Å². The number of pyridine rings is 2. The molecule has 1 N–H and O–H groups in total. The highest BCUT2D eigenvalue weighted by atomic mass is 35.5. The van der Waals surface area contributed by atoms with Gasteiger partial charge in [-0.15, -0.1) is 11.6 Å². The first kappa shape index (κ1) is 26.7. The molecule has 0 aromatic carbocycles. The first-order valence-electron chi connectivity index (χ1n) is 11.8. The first-order chi connectivity index (χ1) is 17.5. The monoisotopic (exact) mass is 545 g/mol. The Morgan fingerprint density at radius 2 is 1.89 bits per heavy atom. The molecule has 3 aromatic heterocycles. The van der Waals surface area contributed by atoms with Gasteiger partial charge in [0.2, 0.25) is 0 Å². The van der Waals surface area contributed by atoms with Crippen LogP contribution in [0.15, 0.2) is 42.9 Å². The molecule has 4 rings (SSSR count). The first-order valence-corrected chi connectivity index (χ1v) is 12.7. The number of ether oxygens (including phenoxy) is 1. The maximum atomic E-state index is 12.9. The van der Waals surface area contributed by atoms with Crippen LogP contribution in [0.4, 0.5) is 16.3 Å². The molecular formula is C25H29Cl2N7O3. The van der Waals surface area contributed by atoms with Gasteiger partial charge < -0.3 is 19.9 Å². The highest BCUT2D eigenvalue weighted by molar-refractivity contribution is 6.30. The Kier molecular flexibility index (Phi) is 7.89. The Hall–Kier alpha value is -3.37. The van der Waals surface area contributed by atoms with Crippen LogP contribution in [-0.4, -0.2) is 68.4 Å². The number of nitrogens with zero attached hydrogens (tertiary/aromatic N) is 6. The third-order valence-electron chi connectivity index (χ3n) is 5.82. The highest BCUT2D eigenvalue weighted by Crippen LogP contribution is 2.24. The second-order valence-corrected chi connectivity index (χ2v) is 10.5. The molecule has 0 unspecified atom stereocenters. The number of carbonyl (C=O) groups is 2. The molecule has 0 radical (unpaired) electrons. The summed E-state index contributed by atoms with van der Waals surface area (Å²) in [5.41, 5.74) is 0.747. The molecule has 1 atom stereocenters. The number of hydrogen-bond acceptors (Lipinski definition) is 7. The Bertz CT molecular complexity index is 1260. The van der Waals surface area contributed by atoms with E-state index in [0.29, 0.717) is 28.6 Å². The van der Waals surface area contributed by atoms with Crippen molar-refractivity contribution in [2.24, 2.45) is 0 Å². The van der Waals surface area contributed by atoms with Gasteiger partial charge in [-0.25, -0.2) is 19.4 Å². The van der Waals surface area contributed by atoms with Gasteiger partial charge in [0.15, 0.2) is 11.5 Å². The van der Waals surface area contributed by atoms with Crippen LogP contribution in [0.5, 0.6) is 0 Å². The molecule has 2 amide bonds. The molecule has 37 heavy (non-hydrogen) atoms. The van der Waals surface area contributed by atoms with Crippen LogP contribution in [-0.2, 0) is 10.6 Å². The predicted octanol–water partition coefficient (Wildman–Crippen LogP) is 4.75. The summed E-state index contributed by atoms with van der Waals surface area (Å²) < 4.78 is 6.97. The summed E-state index contributed by atoms with van der Waals surface area (Å²) >= 11 is 12.0. The molecule has 1 aliphatic rings. The number of nitrogens with one attached hydrogen (secondary N) is 1.